The maximum atomic E-state index is 14.0. The van der Waals surface area contributed by atoms with E-state index in [0.29, 0.717) is 27.0 Å². The fraction of sp³-hybridized carbons (Fsp3) is 0.185. The molecule has 9 heteroatoms. The highest BCUT2D eigenvalue weighted by molar-refractivity contribution is 6.33. The number of rotatable bonds is 4. The van der Waals surface area contributed by atoms with E-state index in [0.717, 1.165) is 5.69 Å². The highest BCUT2D eigenvalue weighted by Gasteiger charge is 2.36. The zero-order valence-electron chi connectivity index (χ0n) is 19.0. The molecular weight excluding hydrogens is 524 g/mol. The summed E-state index contributed by atoms with van der Waals surface area (Å²) in [5.41, 5.74) is 0.921. The van der Waals surface area contributed by atoms with Crippen molar-refractivity contribution < 1.29 is 14.3 Å². The SMILES string of the molecule is O=C(c1cn(-c2ccc(Cl)cc2)c(-c2ccccc2Cl)n1)N1CCC(O)(c2ccc(Cl)c(F)c2)CC1. The molecule has 3 aromatic carbocycles. The van der Waals surface area contributed by atoms with E-state index in [2.05, 4.69) is 4.98 Å². The minimum Gasteiger partial charge on any atom is -0.385 e. The molecule has 5 nitrogen and oxygen atoms in total. The molecule has 1 fully saturated rings. The Kier molecular flexibility index (Phi) is 6.79. The summed E-state index contributed by atoms with van der Waals surface area (Å²) in [5, 5.41) is 12.2. The van der Waals surface area contributed by atoms with Gasteiger partial charge in [-0.05, 0) is 66.9 Å². The quantitative estimate of drug-likeness (QED) is 0.309. The third-order valence-corrected chi connectivity index (χ3v) is 7.37. The molecule has 0 radical (unpaired) electrons. The van der Waals surface area contributed by atoms with Crippen molar-refractivity contribution in [2.24, 2.45) is 0 Å². The Bertz CT molecular complexity index is 1430. The fourth-order valence-corrected chi connectivity index (χ4v) is 4.89. The van der Waals surface area contributed by atoms with Gasteiger partial charge >= 0.3 is 0 Å². The van der Waals surface area contributed by atoms with Crippen LogP contribution in [-0.2, 0) is 5.60 Å². The predicted molar refractivity (Wildman–Crippen MR) is 139 cm³/mol. The molecule has 5 rings (SSSR count). The average Bonchev–Trinajstić information content (AvgIpc) is 3.31. The maximum absolute atomic E-state index is 14.0. The Hall–Kier alpha value is -2.90. The Labute approximate surface area is 222 Å². The minimum absolute atomic E-state index is 0.000520. The first-order valence-corrected chi connectivity index (χ1v) is 12.5. The van der Waals surface area contributed by atoms with E-state index < -0.39 is 11.4 Å². The van der Waals surface area contributed by atoms with Gasteiger partial charge in [-0.1, -0.05) is 53.0 Å². The summed E-state index contributed by atoms with van der Waals surface area (Å²) < 4.78 is 15.8. The van der Waals surface area contributed by atoms with Crippen molar-refractivity contribution in [3.63, 3.8) is 0 Å². The number of imidazole rings is 1. The lowest BCUT2D eigenvalue weighted by Crippen LogP contribution is -2.45. The Morgan fingerprint density at radius 2 is 1.64 bits per heavy atom. The lowest BCUT2D eigenvalue weighted by Gasteiger charge is -2.38. The van der Waals surface area contributed by atoms with Crippen LogP contribution in [0, 0.1) is 5.82 Å². The zero-order valence-corrected chi connectivity index (χ0v) is 21.2. The molecule has 0 spiro atoms. The number of aromatic nitrogens is 2. The van der Waals surface area contributed by atoms with E-state index in [4.69, 9.17) is 34.8 Å². The lowest BCUT2D eigenvalue weighted by molar-refractivity contribution is -0.0214. The van der Waals surface area contributed by atoms with Gasteiger partial charge in [-0.25, -0.2) is 9.37 Å². The van der Waals surface area contributed by atoms with Gasteiger partial charge in [0, 0.05) is 35.6 Å². The summed E-state index contributed by atoms with van der Waals surface area (Å²) in [6, 6.07) is 18.8. The molecule has 0 atom stereocenters. The second kappa shape index (κ2) is 9.87. The van der Waals surface area contributed by atoms with Crippen LogP contribution < -0.4 is 0 Å². The molecule has 0 aliphatic carbocycles. The second-order valence-electron chi connectivity index (χ2n) is 8.73. The van der Waals surface area contributed by atoms with Crippen molar-refractivity contribution in [2.45, 2.75) is 18.4 Å². The van der Waals surface area contributed by atoms with Crippen LogP contribution in [0.2, 0.25) is 15.1 Å². The number of halogens is 4. The van der Waals surface area contributed by atoms with Gasteiger partial charge in [0.05, 0.1) is 15.6 Å². The monoisotopic (exact) mass is 543 g/mol. The van der Waals surface area contributed by atoms with Crippen LogP contribution in [0.4, 0.5) is 4.39 Å². The Morgan fingerprint density at radius 3 is 2.31 bits per heavy atom. The molecule has 36 heavy (non-hydrogen) atoms. The van der Waals surface area contributed by atoms with Crippen molar-refractivity contribution >= 4 is 40.7 Å². The maximum Gasteiger partial charge on any atom is 0.274 e. The number of carbonyl (C=O) groups excluding carboxylic acids is 1. The van der Waals surface area contributed by atoms with Gasteiger partial charge in [0.15, 0.2) is 0 Å². The second-order valence-corrected chi connectivity index (χ2v) is 9.98. The van der Waals surface area contributed by atoms with Gasteiger partial charge in [-0.2, -0.15) is 0 Å². The van der Waals surface area contributed by atoms with Crippen molar-refractivity contribution in [1.82, 2.24) is 14.5 Å². The first kappa shape index (κ1) is 24.8. The summed E-state index contributed by atoms with van der Waals surface area (Å²) in [5.74, 6) is -0.322. The van der Waals surface area contributed by atoms with E-state index in [-0.39, 0.29) is 42.6 Å². The molecule has 0 saturated carbocycles. The number of nitrogens with zero attached hydrogens (tertiary/aromatic N) is 3. The minimum atomic E-state index is -1.24. The average molecular weight is 545 g/mol. The van der Waals surface area contributed by atoms with Crippen molar-refractivity contribution in [3.05, 3.63) is 105 Å². The van der Waals surface area contributed by atoms with E-state index >= 15 is 0 Å². The van der Waals surface area contributed by atoms with Crippen LogP contribution in [0.1, 0.15) is 28.9 Å². The molecule has 4 aromatic rings. The third-order valence-electron chi connectivity index (χ3n) is 6.48. The number of likely N-dealkylation sites (tertiary alicyclic amines) is 1. The topological polar surface area (TPSA) is 58.4 Å². The van der Waals surface area contributed by atoms with Gasteiger partial charge in [-0.15, -0.1) is 0 Å². The summed E-state index contributed by atoms with van der Waals surface area (Å²) >= 11 is 18.3. The molecule has 1 aliphatic rings. The lowest BCUT2D eigenvalue weighted by atomic mass is 9.84. The van der Waals surface area contributed by atoms with Crippen LogP contribution in [-0.4, -0.2) is 38.6 Å². The fourth-order valence-electron chi connectivity index (χ4n) is 4.43. The van der Waals surface area contributed by atoms with Gasteiger partial charge in [0.1, 0.15) is 17.3 Å². The molecule has 1 amide bonds. The first-order chi connectivity index (χ1) is 17.2. The summed E-state index contributed by atoms with van der Waals surface area (Å²) in [6.07, 6.45) is 2.20. The molecular formula is C27H21Cl3FN3O2. The van der Waals surface area contributed by atoms with Crippen LogP contribution in [0.25, 0.3) is 17.1 Å². The van der Waals surface area contributed by atoms with Gasteiger partial charge < -0.3 is 10.0 Å². The van der Waals surface area contributed by atoms with E-state index in [1.807, 2.05) is 34.9 Å². The number of carbonyl (C=O) groups is 1. The van der Waals surface area contributed by atoms with Gasteiger partial charge in [0.2, 0.25) is 0 Å². The smallest absolute Gasteiger partial charge is 0.274 e. The van der Waals surface area contributed by atoms with Crippen LogP contribution in [0.5, 0.6) is 0 Å². The number of hydrogen-bond acceptors (Lipinski definition) is 3. The van der Waals surface area contributed by atoms with E-state index in [1.54, 1.807) is 35.4 Å². The summed E-state index contributed by atoms with van der Waals surface area (Å²) in [7, 11) is 0. The number of amides is 1. The van der Waals surface area contributed by atoms with Crippen LogP contribution >= 0.6 is 34.8 Å². The number of aliphatic hydroxyl groups is 1. The van der Waals surface area contributed by atoms with Crippen LogP contribution in [0.3, 0.4) is 0 Å². The molecule has 1 aliphatic heterocycles. The van der Waals surface area contributed by atoms with Crippen molar-refractivity contribution in [1.29, 1.82) is 0 Å². The van der Waals surface area contributed by atoms with E-state index in [1.165, 1.54) is 12.1 Å². The Balaban J connectivity index is 1.43. The summed E-state index contributed by atoms with van der Waals surface area (Å²) in [4.78, 5) is 19.8. The highest BCUT2D eigenvalue weighted by Crippen LogP contribution is 2.35. The molecule has 2 heterocycles. The molecule has 184 valence electrons. The third kappa shape index (κ3) is 4.74. The molecule has 1 saturated heterocycles. The number of hydrogen-bond donors (Lipinski definition) is 1. The molecule has 0 bridgehead atoms. The predicted octanol–water partition coefficient (Wildman–Crippen LogP) is 6.76. The zero-order chi connectivity index (χ0) is 25.4. The number of piperidine rings is 1. The highest BCUT2D eigenvalue weighted by atomic mass is 35.5. The van der Waals surface area contributed by atoms with Gasteiger partial charge in [-0.3, -0.25) is 9.36 Å². The Morgan fingerprint density at radius 1 is 0.944 bits per heavy atom. The number of benzene rings is 3. The van der Waals surface area contributed by atoms with Crippen LogP contribution in [0.15, 0.2) is 72.9 Å². The first-order valence-electron chi connectivity index (χ1n) is 11.3. The molecule has 1 aromatic heterocycles. The normalized spacial score (nSPS) is 15.2. The van der Waals surface area contributed by atoms with Crippen molar-refractivity contribution in [2.75, 3.05) is 13.1 Å². The standard InChI is InChI=1S/C27H21Cl3FN3O2/c28-18-6-8-19(9-7-18)34-16-24(32-25(34)20-3-1-2-4-21(20)29)26(35)33-13-11-27(36,12-14-33)17-5-10-22(30)23(31)15-17/h1-10,15-16,36H,11-14H2. The van der Waals surface area contributed by atoms with E-state index in [9.17, 15) is 14.3 Å². The van der Waals surface area contributed by atoms with Crippen molar-refractivity contribution in [3.8, 4) is 17.1 Å². The summed E-state index contributed by atoms with van der Waals surface area (Å²) in [6.45, 7) is 0.573. The molecule has 0 unspecified atom stereocenters. The largest absolute Gasteiger partial charge is 0.385 e. The van der Waals surface area contributed by atoms with Gasteiger partial charge in [0.25, 0.3) is 5.91 Å². The molecule has 1 N–H and O–H groups in total.